The molecule has 1 fully saturated rings. The highest BCUT2D eigenvalue weighted by Gasteiger charge is 2.36. The summed E-state index contributed by atoms with van der Waals surface area (Å²) < 4.78 is 27.7. The maximum Gasteiger partial charge on any atom is 0.282 e. The number of piperidine rings is 1. The van der Waals surface area contributed by atoms with Gasteiger partial charge in [-0.1, -0.05) is 6.42 Å². The Morgan fingerprint density at radius 2 is 1.82 bits per heavy atom. The minimum Gasteiger partial charge on any atom is -0.396 e. The van der Waals surface area contributed by atoms with Crippen LogP contribution in [0.1, 0.15) is 39.5 Å². The maximum atomic E-state index is 12.4. The zero-order chi connectivity index (χ0) is 13.1. The van der Waals surface area contributed by atoms with Crippen LogP contribution in [-0.4, -0.2) is 54.4 Å². The quantitative estimate of drug-likeness (QED) is 0.799. The molecule has 1 saturated heterocycles. The molecule has 0 spiro atoms. The molecule has 0 amide bonds. The lowest BCUT2D eigenvalue weighted by molar-refractivity contribution is 0.189. The van der Waals surface area contributed by atoms with E-state index < -0.39 is 10.2 Å². The highest BCUT2D eigenvalue weighted by molar-refractivity contribution is 7.86. The van der Waals surface area contributed by atoms with Crippen LogP contribution in [0.5, 0.6) is 0 Å². The Morgan fingerprint density at radius 3 is 2.29 bits per heavy atom. The molecule has 0 unspecified atom stereocenters. The Kier molecular flexibility index (Phi) is 5.37. The van der Waals surface area contributed by atoms with E-state index in [2.05, 4.69) is 0 Å². The maximum absolute atomic E-state index is 12.4. The number of aliphatic hydroxyl groups excluding tert-OH is 1. The van der Waals surface area contributed by atoms with Crippen molar-refractivity contribution in [3.8, 4) is 0 Å². The summed E-state index contributed by atoms with van der Waals surface area (Å²) in [6.07, 6.45) is 3.43. The third-order valence-electron chi connectivity index (χ3n) is 3.40. The molecule has 1 heterocycles. The molecule has 17 heavy (non-hydrogen) atoms. The molecule has 1 rings (SSSR count). The van der Waals surface area contributed by atoms with Crippen molar-refractivity contribution in [3.63, 3.8) is 0 Å². The Morgan fingerprint density at radius 1 is 1.29 bits per heavy atom. The van der Waals surface area contributed by atoms with E-state index in [1.165, 1.54) is 4.31 Å². The zero-order valence-corrected chi connectivity index (χ0v) is 11.8. The monoisotopic (exact) mass is 264 g/mol. The first-order valence-electron chi connectivity index (χ1n) is 6.27. The van der Waals surface area contributed by atoms with Gasteiger partial charge >= 0.3 is 0 Å². The van der Waals surface area contributed by atoms with E-state index in [4.69, 9.17) is 5.11 Å². The van der Waals surface area contributed by atoms with Gasteiger partial charge < -0.3 is 5.11 Å². The van der Waals surface area contributed by atoms with E-state index in [0.717, 1.165) is 19.3 Å². The first-order chi connectivity index (χ1) is 7.91. The van der Waals surface area contributed by atoms with Gasteiger partial charge in [-0.15, -0.1) is 0 Å². The summed E-state index contributed by atoms with van der Waals surface area (Å²) in [4.78, 5) is 0. The third-order valence-corrected chi connectivity index (χ3v) is 5.63. The molecule has 0 aliphatic carbocycles. The lowest BCUT2D eigenvalue weighted by atomic mass is 10.0. The molecular formula is C11H24N2O3S. The molecule has 0 radical (unpaired) electrons. The highest BCUT2D eigenvalue weighted by atomic mass is 32.2. The van der Waals surface area contributed by atoms with Crippen molar-refractivity contribution < 1.29 is 13.5 Å². The predicted molar refractivity (Wildman–Crippen MR) is 67.9 cm³/mol. The molecule has 0 saturated carbocycles. The van der Waals surface area contributed by atoms with Crippen LogP contribution in [-0.2, 0) is 10.2 Å². The van der Waals surface area contributed by atoms with Gasteiger partial charge in [0.2, 0.25) is 0 Å². The Balaban J connectivity index is 2.80. The van der Waals surface area contributed by atoms with Gasteiger partial charge in [0.15, 0.2) is 0 Å². The molecule has 1 aliphatic heterocycles. The molecule has 0 bridgehead atoms. The van der Waals surface area contributed by atoms with Crippen LogP contribution in [0, 0.1) is 0 Å². The fourth-order valence-electron chi connectivity index (χ4n) is 2.42. The Labute approximate surface area is 105 Å². The molecule has 5 nitrogen and oxygen atoms in total. The van der Waals surface area contributed by atoms with Crippen molar-refractivity contribution in [1.29, 1.82) is 0 Å². The topological polar surface area (TPSA) is 60.9 Å². The second-order valence-corrected chi connectivity index (χ2v) is 6.81. The Bertz CT molecular complexity index is 322. The fourth-order valence-corrected chi connectivity index (χ4v) is 4.22. The van der Waals surface area contributed by atoms with Crippen LogP contribution >= 0.6 is 0 Å². The van der Waals surface area contributed by atoms with E-state index in [9.17, 15) is 8.42 Å². The van der Waals surface area contributed by atoms with Gasteiger partial charge in [0.25, 0.3) is 10.2 Å². The fraction of sp³-hybridized carbons (Fsp3) is 1.00. The molecule has 2 atom stereocenters. The van der Waals surface area contributed by atoms with Gasteiger partial charge in [-0.3, -0.25) is 0 Å². The van der Waals surface area contributed by atoms with Crippen LogP contribution in [0.25, 0.3) is 0 Å². The molecule has 1 N–H and O–H groups in total. The molecule has 0 aromatic rings. The van der Waals surface area contributed by atoms with Crippen molar-refractivity contribution in [2.45, 2.75) is 51.6 Å². The SMILES string of the molecule is C[C@@H]1CCC[C@H](C)N1S(=O)(=O)N(C)CCCO. The summed E-state index contributed by atoms with van der Waals surface area (Å²) in [7, 11) is -1.79. The lowest BCUT2D eigenvalue weighted by Gasteiger charge is -2.39. The van der Waals surface area contributed by atoms with Crippen LogP contribution in [0.4, 0.5) is 0 Å². The molecule has 6 heteroatoms. The van der Waals surface area contributed by atoms with E-state index >= 15 is 0 Å². The number of nitrogens with zero attached hydrogens (tertiary/aromatic N) is 2. The molecule has 0 aromatic carbocycles. The molecule has 0 aromatic heterocycles. The molecule has 102 valence electrons. The van der Waals surface area contributed by atoms with Crippen LogP contribution in [0.2, 0.25) is 0 Å². The predicted octanol–water partition coefficient (Wildman–Crippen LogP) is 0.808. The van der Waals surface area contributed by atoms with E-state index in [0.29, 0.717) is 13.0 Å². The van der Waals surface area contributed by atoms with Gasteiger partial charge in [-0.05, 0) is 33.1 Å². The first-order valence-corrected chi connectivity index (χ1v) is 7.66. The minimum absolute atomic E-state index is 0.0188. The average molecular weight is 264 g/mol. The minimum atomic E-state index is -3.38. The number of hydrogen-bond acceptors (Lipinski definition) is 3. The largest absolute Gasteiger partial charge is 0.396 e. The Hall–Kier alpha value is -0.170. The van der Waals surface area contributed by atoms with Crippen LogP contribution in [0.3, 0.4) is 0 Å². The van der Waals surface area contributed by atoms with Gasteiger partial charge in [0, 0.05) is 32.3 Å². The summed E-state index contributed by atoms with van der Waals surface area (Å²) >= 11 is 0. The van der Waals surface area contributed by atoms with Crippen LogP contribution < -0.4 is 0 Å². The highest BCUT2D eigenvalue weighted by Crippen LogP contribution is 2.26. The van der Waals surface area contributed by atoms with Crippen molar-refractivity contribution >= 4 is 10.2 Å². The average Bonchev–Trinajstić information content (AvgIpc) is 2.25. The summed E-state index contributed by atoms with van der Waals surface area (Å²) in [5.74, 6) is 0. The number of rotatable bonds is 5. The summed E-state index contributed by atoms with van der Waals surface area (Å²) in [5, 5.41) is 8.76. The molecular weight excluding hydrogens is 240 g/mol. The number of aliphatic hydroxyl groups is 1. The van der Waals surface area contributed by atoms with Gasteiger partial charge in [-0.2, -0.15) is 17.0 Å². The standard InChI is InChI=1S/C11H24N2O3S/c1-10-6-4-7-11(2)13(10)17(15,16)12(3)8-5-9-14/h10-11,14H,4-9H2,1-3H3/t10-,11+. The van der Waals surface area contributed by atoms with E-state index in [-0.39, 0.29) is 18.7 Å². The second-order valence-electron chi connectivity index (χ2n) is 4.87. The summed E-state index contributed by atoms with van der Waals surface area (Å²) in [5.41, 5.74) is 0. The summed E-state index contributed by atoms with van der Waals surface area (Å²) in [6.45, 7) is 4.32. The van der Waals surface area contributed by atoms with Crippen LogP contribution in [0.15, 0.2) is 0 Å². The second kappa shape index (κ2) is 6.13. The van der Waals surface area contributed by atoms with Gasteiger partial charge in [0.05, 0.1) is 0 Å². The van der Waals surface area contributed by atoms with Crippen molar-refractivity contribution in [2.24, 2.45) is 0 Å². The number of hydrogen-bond donors (Lipinski definition) is 1. The van der Waals surface area contributed by atoms with E-state index in [1.54, 1.807) is 11.4 Å². The molecule has 1 aliphatic rings. The smallest absolute Gasteiger partial charge is 0.282 e. The van der Waals surface area contributed by atoms with E-state index in [1.807, 2.05) is 13.8 Å². The lowest BCUT2D eigenvalue weighted by Crippen LogP contribution is -2.52. The normalized spacial score (nSPS) is 27.6. The van der Waals surface area contributed by atoms with Crippen molar-refractivity contribution in [2.75, 3.05) is 20.2 Å². The van der Waals surface area contributed by atoms with Gasteiger partial charge in [-0.25, -0.2) is 0 Å². The summed E-state index contributed by atoms with van der Waals surface area (Å²) in [6, 6.07) is 0.139. The van der Waals surface area contributed by atoms with Crippen molar-refractivity contribution in [3.05, 3.63) is 0 Å². The zero-order valence-electron chi connectivity index (χ0n) is 11.0. The van der Waals surface area contributed by atoms with Crippen molar-refractivity contribution in [1.82, 2.24) is 8.61 Å². The van der Waals surface area contributed by atoms with Gasteiger partial charge in [0.1, 0.15) is 0 Å². The third kappa shape index (κ3) is 3.40. The first kappa shape index (κ1) is 14.9.